The number of halogens is 1. The third-order valence-corrected chi connectivity index (χ3v) is 3.81. The maximum atomic E-state index is 11.7. The van der Waals surface area contributed by atoms with Gasteiger partial charge in [-0.1, -0.05) is 0 Å². The van der Waals surface area contributed by atoms with Crippen LogP contribution in [0.4, 0.5) is 11.4 Å². The number of benzene rings is 1. The van der Waals surface area contributed by atoms with Crippen LogP contribution in [0.3, 0.4) is 0 Å². The van der Waals surface area contributed by atoms with E-state index in [2.05, 4.69) is 5.32 Å². The van der Waals surface area contributed by atoms with E-state index in [0.29, 0.717) is 0 Å². The van der Waals surface area contributed by atoms with E-state index in [4.69, 9.17) is 0 Å². The summed E-state index contributed by atoms with van der Waals surface area (Å²) in [6.07, 6.45) is 0.752. The highest BCUT2D eigenvalue weighted by Gasteiger charge is 2.29. The third kappa shape index (κ3) is 2.55. The van der Waals surface area contributed by atoms with Crippen LogP contribution in [0.1, 0.15) is 6.42 Å². The molecule has 0 aliphatic carbocycles. The smallest absolute Gasteiger partial charge is 0.270 e. The Morgan fingerprint density at radius 2 is 2.28 bits per heavy atom. The number of likely N-dealkylation sites (N-methyl/N-ethyl adjacent to an activating group) is 1. The van der Waals surface area contributed by atoms with Crippen molar-refractivity contribution in [2.75, 3.05) is 18.9 Å². The van der Waals surface area contributed by atoms with Crippen molar-refractivity contribution in [2.45, 2.75) is 12.5 Å². The van der Waals surface area contributed by atoms with E-state index in [1.165, 1.54) is 12.1 Å². The van der Waals surface area contributed by atoms with E-state index in [-0.39, 0.29) is 17.6 Å². The van der Waals surface area contributed by atoms with Gasteiger partial charge in [-0.15, -0.1) is 0 Å². The number of nitro groups is 1. The molecule has 1 atom stereocenters. The van der Waals surface area contributed by atoms with Crippen molar-refractivity contribution in [2.24, 2.45) is 0 Å². The van der Waals surface area contributed by atoms with Crippen molar-refractivity contribution in [3.8, 4) is 0 Å². The van der Waals surface area contributed by atoms with Crippen LogP contribution in [0.2, 0.25) is 0 Å². The Labute approximate surface area is 118 Å². The van der Waals surface area contributed by atoms with Gasteiger partial charge in [0.15, 0.2) is 0 Å². The zero-order valence-corrected chi connectivity index (χ0v) is 11.9. The molecule has 96 valence electrons. The molecule has 0 aromatic heterocycles. The molecule has 18 heavy (non-hydrogen) atoms. The fourth-order valence-corrected chi connectivity index (χ4v) is 2.53. The minimum absolute atomic E-state index is 0.0554. The Bertz CT molecular complexity index is 506. The molecule has 2 rings (SSSR count). The number of rotatable bonds is 3. The van der Waals surface area contributed by atoms with Crippen LogP contribution < -0.4 is 5.32 Å². The molecule has 1 heterocycles. The van der Waals surface area contributed by atoms with Crippen LogP contribution >= 0.6 is 22.6 Å². The monoisotopic (exact) mass is 361 g/mol. The average Bonchev–Trinajstić information content (AvgIpc) is 2.63. The summed E-state index contributed by atoms with van der Waals surface area (Å²) in [4.78, 5) is 23.6. The van der Waals surface area contributed by atoms with Crippen molar-refractivity contribution < 1.29 is 9.72 Å². The normalized spacial score (nSPS) is 19.1. The zero-order chi connectivity index (χ0) is 13.3. The maximum absolute atomic E-state index is 11.7. The van der Waals surface area contributed by atoms with Gasteiger partial charge in [-0.25, -0.2) is 0 Å². The van der Waals surface area contributed by atoms with E-state index in [1.54, 1.807) is 18.0 Å². The lowest BCUT2D eigenvalue weighted by Gasteiger charge is -2.14. The van der Waals surface area contributed by atoms with Gasteiger partial charge in [-0.05, 0) is 35.1 Å². The summed E-state index contributed by atoms with van der Waals surface area (Å²) in [6, 6.07) is 4.34. The van der Waals surface area contributed by atoms with Crippen LogP contribution in [-0.4, -0.2) is 35.4 Å². The molecular weight excluding hydrogens is 349 g/mol. The predicted molar refractivity (Wildman–Crippen MR) is 75.5 cm³/mol. The van der Waals surface area contributed by atoms with E-state index in [0.717, 1.165) is 22.2 Å². The van der Waals surface area contributed by atoms with Crippen molar-refractivity contribution in [3.63, 3.8) is 0 Å². The van der Waals surface area contributed by atoms with Gasteiger partial charge in [-0.2, -0.15) is 0 Å². The third-order valence-electron chi connectivity index (χ3n) is 2.92. The van der Waals surface area contributed by atoms with E-state index in [1.807, 2.05) is 22.6 Å². The number of carbonyl (C=O) groups is 1. The number of carbonyl (C=O) groups excluding carboxylic acids is 1. The van der Waals surface area contributed by atoms with E-state index >= 15 is 0 Å². The molecule has 0 bridgehead atoms. The second-order valence-electron chi connectivity index (χ2n) is 4.17. The number of nitro benzene ring substituents is 1. The lowest BCUT2D eigenvalue weighted by atomic mass is 10.2. The van der Waals surface area contributed by atoms with Crippen molar-refractivity contribution >= 4 is 39.9 Å². The average molecular weight is 361 g/mol. The highest BCUT2D eigenvalue weighted by atomic mass is 127. The van der Waals surface area contributed by atoms with Gasteiger partial charge in [0.05, 0.1) is 4.92 Å². The Balaban J connectivity index is 2.15. The molecule has 1 saturated heterocycles. The number of likely N-dealkylation sites (tertiary alicyclic amines) is 1. The summed E-state index contributed by atoms with van der Waals surface area (Å²) in [6.45, 7) is 0.736. The van der Waals surface area contributed by atoms with Gasteiger partial charge >= 0.3 is 0 Å². The van der Waals surface area contributed by atoms with Gasteiger partial charge in [0.2, 0.25) is 5.91 Å². The molecule has 1 aromatic rings. The van der Waals surface area contributed by atoms with Crippen molar-refractivity contribution in [1.82, 2.24) is 4.90 Å². The molecule has 0 radical (unpaired) electrons. The minimum atomic E-state index is -0.430. The van der Waals surface area contributed by atoms with Gasteiger partial charge < -0.3 is 10.2 Å². The number of nitrogens with one attached hydrogen (secondary N) is 1. The summed E-state index contributed by atoms with van der Waals surface area (Å²) < 4.78 is 0.740. The van der Waals surface area contributed by atoms with Crippen LogP contribution in [0, 0.1) is 13.7 Å². The number of amides is 1. The Morgan fingerprint density at radius 1 is 1.56 bits per heavy atom. The molecule has 1 fully saturated rings. The van der Waals surface area contributed by atoms with Crippen LogP contribution in [0.5, 0.6) is 0 Å². The molecule has 1 N–H and O–H groups in total. The highest BCUT2D eigenvalue weighted by molar-refractivity contribution is 14.1. The first-order valence-electron chi connectivity index (χ1n) is 5.44. The molecule has 7 heteroatoms. The zero-order valence-electron chi connectivity index (χ0n) is 9.72. The first-order valence-corrected chi connectivity index (χ1v) is 6.52. The predicted octanol–water partition coefficient (Wildman–Crippen LogP) is 1.84. The SMILES string of the molecule is CN1CCC(Nc2ccc([N+](=O)[O-])cc2I)C1=O. The van der Waals surface area contributed by atoms with Crippen molar-refractivity contribution in [3.05, 3.63) is 31.9 Å². The molecule has 1 aromatic carbocycles. The highest BCUT2D eigenvalue weighted by Crippen LogP contribution is 2.25. The number of hydrogen-bond acceptors (Lipinski definition) is 4. The Kier molecular flexibility index (Phi) is 3.69. The second-order valence-corrected chi connectivity index (χ2v) is 5.33. The van der Waals surface area contributed by atoms with Crippen molar-refractivity contribution in [1.29, 1.82) is 0 Å². The lowest BCUT2D eigenvalue weighted by molar-refractivity contribution is -0.384. The van der Waals surface area contributed by atoms with Gasteiger partial charge in [0.25, 0.3) is 5.69 Å². The fraction of sp³-hybridized carbons (Fsp3) is 0.364. The molecule has 6 nitrogen and oxygen atoms in total. The first-order chi connectivity index (χ1) is 8.49. The largest absolute Gasteiger partial charge is 0.373 e. The summed E-state index contributed by atoms with van der Waals surface area (Å²) >= 11 is 2.03. The second kappa shape index (κ2) is 5.09. The fourth-order valence-electron chi connectivity index (χ4n) is 1.88. The van der Waals surface area contributed by atoms with Crippen LogP contribution in [-0.2, 0) is 4.79 Å². The summed E-state index contributed by atoms with van der Waals surface area (Å²) in [5, 5.41) is 13.8. The number of anilines is 1. The quantitative estimate of drug-likeness (QED) is 0.507. The molecule has 1 aliphatic heterocycles. The molecule has 1 unspecified atom stereocenters. The summed E-state index contributed by atoms with van der Waals surface area (Å²) in [5.41, 5.74) is 0.815. The number of non-ortho nitro benzene ring substituents is 1. The Hall–Kier alpha value is -1.38. The van der Waals surface area contributed by atoms with Crippen LogP contribution in [0.15, 0.2) is 18.2 Å². The number of nitrogens with zero attached hydrogens (tertiary/aromatic N) is 2. The van der Waals surface area contributed by atoms with E-state index < -0.39 is 4.92 Å². The standard InChI is InChI=1S/C11H12IN3O3/c1-14-5-4-10(11(14)16)13-9-3-2-7(15(17)18)6-8(9)12/h2-3,6,10,13H,4-5H2,1H3. The molecule has 1 amide bonds. The number of hydrogen-bond donors (Lipinski definition) is 1. The van der Waals surface area contributed by atoms with Crippen LogP contribution in [0.25, 0.3) is 0 Å². The summed E-state index contributed by atoms with van der Waals surface area (Å²) in [7, 11) is 1.77. The Morgan fingerprint density at radius 3 is 2.78 bits per heavy atom. The topological polar surface area (TPSA) is 75.5 Å². The first kappa shape index (κ1) is 13.1. The molecule has 0 spiro atoms. The minimum Gasteiger partial charge on any atom is -0.373 e. The van der Waals surface area contributed by atoms with Gasteiger partial charge in [-0.3, -0.25) is 14.9 Å². The maximum Gasteiger partial charge on any atom is 0.270 e. The van der Waals surface area contributed by atoms with Gasteiger partial charge in [0, 0.05) is 35.0 Å². The molecule has 0 saturated carbocycles. The lowest BCUT2D eigenvalue weighted by Crippen LogP contribution is -2.31. The molecular formula is C11H12IN3O3. The van der Waals surface area contributed by atoms with E-state index in [9.17, 15) is 14.9 Å². The van der Waals surface area contributed by atoms with Gasteiger partial charge in [0.1, 0.15) is 6.04 Å². The summed E-state index contributed by atoms with van der Waals surface area (Å²) in [5.74, 6) is 0.0594. The molecule has 1 aliphatic rings.